The molecule has 0 saturated heterocycles. The molecule has 1 saturated carbocycles. The molecule has 1 fully saturated rings. The minimum Gasteiger partial charge on any atom is -0.299 e. The van der Waals surface area contributed by atoms with Crippen LogP contribution in [0.2, 0.25) is 0 Å². The van der Waals surface area contributed by atoms with Crippen LogP contribution in [0.1, 0.15) is 39.5 Å². The molecule has 0 aliphatic heterocycles. The van der Waals surface area contributed by atoms with Gasteiger partial charge >= 0.3 is 0 Å². The van der Waals surface area contributed by atoms with Gasteiger partial charge in [-0.3, -0.25) is 9.59 Å². The Balaban J connectivity index is 2.91. The molecule has 0 heterocycles. The number of rotatable bonds is 2. The maximum atomic E-state index is 11.3. The summed E-state index contributed by atoms with van der Waals surface area (Å²) >= 11 is 0. The van der Waals surface area contributed by atoms with Crippen LogP contribution in [0.5, 0.6) is 0 Å². The highest BCUT2D eigenvalue weighted by Gasteiger charge is 2.44. The van der Waals surface area contributed by atoms with E-state index >= 15 is 0 Å². The van der Waals surface area contributed by atoms with Gasteiger partial charge in [-0.05, 0) is 26.2 Å². The van der Waals surface area contributed by atoms with Crippen LogP contribution in [0.25, 0.3) is 0 Å². The van der Waals surface area contributed by atoms with Gasteiger partial charge in [0.1, 0.15) is 11.6 Å². The molecule has 1 rings (SSSR count). The summed E-state index contributed by atoms with van der Waals surface area (Å²) in [6.07, 6.45) is 2.96. The molecule has 62 valence electrons. The van der Waals surface area contributed by atoms with Crippen molar-refractivity contribution in [1.82, 2.24) is 0 Å². The number of Topliss-reactive ketones (excluding diaryl/α,β-unsaturated/α-hetero) is 2. The number of hydrogen-bond donors (Lipinski definition) is 0. The van der Waals surface area contributed by atoms with E-state index in [1.54, 1.807) is 0 Å². The number of carbonyl (C=O) groups is 2. The predicted octanol–water partition coefficient (Wildman–Crippen LogP) is 1.72. The second kappa shape index (κ2) is 2.76. The van der Waals surface area contributed by atoms with Crippen LogP contribution in [0.4, 0.5) is 0 Å². The zero-order valence-electron chi connectivity index (χ0n) is 7.14. The standard InChI is InChI=1S/C9H14O2/c1-3-9(7(2)10)6-4-5-8(9)11/h3-6H2,1-2H3. The Morgan fingerprint density at radius 3 is 2.45 bits per heavy atom. The zero-order chi connectivity index (χ0) is 8.48. The van der Waals surface area contributed by atoms with E-state index in [1.165, 1.54) is 6.92 Å². The van der Waals surface area contributed by atoms with Crippen LogP contribution in [-0.2, 0) is 9.59 Å². The molecule has 1 atom stereocenters. The van der Waals surface area contributed by atoms with Crippen molar-refractivity contribution in [3.8, 4) is 0 Å². The lowest BCUT2D eigenvalue weighted by Gasteiger charge is -2.21. The fraction of sp³-hybridized carbons (Fsp3) is 0.778. The molecule has 0 aromatic rings. The van der Waals surface area contributed by atoms with Gasteiger partial charge in [-0.2, -0.15) is 0 Å². The maximum absolute atomic E-state index is 11.3. The minimum atomic E-state index is -0.583. The van der Waals surface area contributed by atoms with Gasteiger partial charge in [-0.15, -0.1) is 0 Å². The molecule has 11 heavy (non-hydrogen) atoms. The van der Waals surface area contributed by atoms with E-state index in [0.29, 0.717) is 12.8 Å². The topological polar surface area (TPSA) is 34.1 Å². The number of carbonyl (C=O) groups excluding carboxylic acids is 2. The molecule has 0 N–H and O–H groups in total. The third kappa shape index (κ3) is 1.10. The van der Waals surface area contributed by atoms with Crippen molar-refractivity contribution in [2.45, 2.75) is 39.5 Å². The molecule has 2 heteroatoms. The Morgan fingerprint density at radius 2 is 2.27 bits per heavy atom. The summed E-state index contributed by atoms with van der Waals surface area (Å²) in [7, 11) is 0. The van der Waals surface area contributed by atoms with Gasteiger partial charge < -0.3 is 0 Å². The second-order valence-corrected chi connectivity index (χ2v) is 3.27. The first-order valence-corrected chi connectivity index (χ1v) is 4.18. The maximum Gasteiger partial charge on any atom is 0.146 e. The highest BCUT2D eigenvalue weighted by atomic mass is 16.2. The van der Waals surface area contributed by atoms with E-state index in [9.17, 15) is 9.59 Å². The molecule has 0 aromatic carbocycles. The van der Waals surface area contributed by atoms with Crippen molar-refractivity contribution in [2.75, 3.05) is 0 Å². The molecule has 1 aliphatic rings. The third-order valence-corrected chi connectivity index (χ3v) is 2.82. The molecule has 0 bridgehead atoms. The van der Waals surface area contributed by atoms with Gasteiger partial charge in [0.05, 0.1) is 5.41 Å². The van der Waals surface area contributed by atoms with Crippen LogP contribution >= 0.6 is 0 Å². The number of hydrogen-bond acceptors (Lipinski definition) is 2. The lowest BCUT2D eigenvalue weighted by Crippen LogP contribution is -2.32. The molecule has 0 spiro atoms. The smallest absolute Gasteiger partial charge is 0.146 e. The molecule has 0 amide bonds. The van der Waals surface area contributed by atoms with Gasteiger partial charge in [0.2, 0.25) is 0 Å². The van der Waals surface area contributed by atoms with Crippen molar-refractivity contribution < 1.29 is 9.59 Å². The normalized spacial score (nSPS) is 30.9. The zero-order valence-corrected chi connectivity index (χ0v) is 7.14. The van der Waals surface area contributed by atoms with Crippen molar-refractivity contribution >= 4 is 11.6 Å². The van der Waals surface area contributed by atoms with Crippen LogP contribution in [0.3, 0.4) is 0 Å². The summed E-state index contributed by atoms with van der Waals surface area (Å²) in [6.45, 7) is 3.46. The fourth-order valence-electron chi connectivity index (χ4n) is 1.92. The summed E-state index contributed by atoms with van der Waals surface area (Å²) < 4.78 is 0. The molecule has 1 aliphatic carbocycles. The van der Waals surface area contributed by atoms with E-state index < -0.39 is 5.41 Å². The minimum absolute atomic E-state index is 0.0579. The van der Waals surface area contributed by atoms with Crippen LogP contribution < -0.4 is 0 Å². The van der Waals surface area contributed by atoms with Crippen molar-refractivity contribution in [1.29, 1.82) is 0 Å². The quantitative estimate of drug-likeness (QED) is 0.567. The summed E-state index contributed by atoms with van der Waals surface area (Å²) in [5.41, 5.74) is -0.583. The average Bonchev–Trinajstić information content (AvgIpc) is 2.32. The SMILES string of the molecule is CCC1(C(C)=O)CCCC1=O. The van der Waals surface area contributed by atoms with Crippen LogP contribution in [0, 0.1) is 5.41 Å². The molecule has 2 nitrogen and oxygen atoms in total. The molecule has 1 unspecified atom stereocenters. The van der Waals surface area contributed by atoms with E-state index in [-0.39, 0.29) is 11.6 Å². The average molecular weight is 154 g/mol. The Kier molecular flexibility index (Phi) is 2.12. The summed E-state index contributed by atoms with van der Waals surface area (Å²) in [5.74, 6) is 0.218. The first-order valence-electron chi connectivity index (χ1n) is 4.18. The molecular weight excluding hydrogens is 140 g/mol. The summed E-state index contributed by atoms with van der Waals surface area (Å²) in [5, 5.41) is 0. The van der Waals surface area contributed by atoms with E-state index in [2.05, 4.69) is 0 Å². The van der Waals surface area contributed by atoms with Crippen molar-refractivity contribution in [3.63, 3.8) is 0 Å². The van der Waals surface area contributed by atoms with E-state index in [1.807, 2.05) is 6.92 Å². The Labute approximate surface area is 67.0 Å². The number of ketones is 2. The first-order chi connectivity index (χ1) is 5.13. The molecule has 0 aromatic heterocycles. The lowest BCUT2D eigenvalue weighted by atomic mass is 9.79. The summed E-state index contributed by atoms with van der Waals surface area (Å²) in [4.78, 5) is 22.5. The highest BCUT2D eigenvalue weighted by molar-refractivity contribution is 6.07. The predicted molar refractivity (Wildman–Crippen MR) is 42.3 cm³/mol. The molecule has 0 radical (unpaired) electrons. The van der Waals surface area contributed by atoms with Crippen LogP contribution in [0.15, 0.2) is 0 Å². The third-order valence-electron chi connectivity index (χ3n) is 2.82. The van der Waals surface area contributed by atoms with E-state index in [0.717, 1.165) is 12.8 Å². The Bertz CT molecular complexity index is 196. The second-order valence-electron chi connectivity index (χ2n) is 3.27. The van der Waals surface area contributed by atoms with Gasteiger partial charge in [0.25, 0.3) is 0 Å². The largest absolute Gasteiger partial charge is 0.299 e. The van der Waals surface area contributed by atoms with Gasteiger partial charge in [0.15, 0.2) is 0 Å². The fourth-order valence-corrected chi connectivity index (χ4v) is 1.92. The van der Waals surface area contributed by atoms with Gasteiger partial charge in [-0.1, -0.05) is 6.92 Å². The molecular formula is C9H14O2. The van der Waals surface area contributed by atoms with Crippen LogP contribution in [-0.4, -0.2) is 11.6 Å². The van der Waals surface area contributed by atoms with Gasteiger partial charge in [0, 0.05) is 6.42 Å². The van der Waals surface area contributed by atoms with Gasteiger partial charge in [-0.25, -0.2) is 0 Å². The monoisotopic (exact) mass is 154 g/mol. The summed E-state index contributed by atoms with van der Waals surface area (Å²) in [6, 6.07) is 0. The van der Waals surface area contributed by atoms with Crippen molar-refractivity contribution in [2.24, 2.45) is 5.41 Å². The Morgan fingerprint density at radius 1 is 1.64 bits per heavy atom. The lowest BCUT2D eigenvalue weighted by molar-refractivity contribution is -0.137. The highest BCUT2D eigenvalue weighted by Crippen LogP contribution is 2.38. The first kappa shape index (κ1) is 8.44. The Hall–Kier alpha value is -0.660. The van der Waals surface area contributed by atoms with E-state index in [4.69, 9.17) is 0 Å². The van der Waals surface area contributed by atoms with Crippen molar-refractivity contribution in [3.05, 3.63) is 0 Å².